The van der Waals surface area contributed by atoms with Crippen LogP contribution < -0.4 is 0 Å². The third-order valence-electron chi connectivity index (χ3n) is 9.44. The summed E-state index contributed by atoms with van der Waals surface area (Å²) in [5.41, 5.74) is 1.92. The summed E-state index contributed by atoms with van der Waals surface area (Å²) in [4.78, 5) is 31.6. The van der Waals surface area contributed by atoms with Gasteiger partial charge < -0.3 is 14.7 Å². The molecule has 2 aliphatic heterocycles. The Morgan fingerprint density at radius 1 is 0.936 bits per heavy atom. The van der Waals surface area contributed by atoms with Crippen molar-refractivity contribution in [2.75, 3.05) is 40.3 Å². The van der Waals surface area contributed by atoms with Gasteiger partial charge in [-0.1, -0.05) is 71.7 Å². The summed E-state index contributed by atoms with van der Waals surface area (Å²) in [7, 11) is 1.88. The monoisotopic (exact) mass is 729 g/mol. The summed E-state index contributed by atoms with van der Waals surface area (Å²) in [6, 6.07) is 21.5. The van der Waals surface area contributed by atoms with Gasteiger partial charge in [0.2, 0.25) is 5.91 Å². The highest BCUT2D eigenvalue weighted by molar-refractivity contribution is 7.85. The van der Waals surface area contributed by atoms with Gasteiger partial charge in [-0.25, -0.2) is 0 Å². The lowest BCUT2D eigenvalue weighted by atomic mass is 9.82. The summed E-state index contributed by atoms with van der Waals surface area (Å²) in [5, 5.41) is 0.500. The number of likely N-dealkylation sites (N-methyl/N-ethyl adjacent to an activating group) is 2. The normalized spacial score (nSPS) is 18.6. The smallest absolute Gasteiger partial charge is 0.343 e. The van der Waals surface area contributed by atoms with Gasteiger partial charge in [0.1, 0.15) is 6.42 Å². The second-order valence-corrected chi connectivity index (χ2v) is 14.7. The van der Waals surface area contributed by atoms with Crippen LogP contribution in [-0.2, 0) is 31.6 Å². The average Bonchev–Trinajstić information content (AvgIpc) is 3.30. The number of carbonyl (C=O) groups excluding carboxylic acids is 2. The van der Waals surface area contributed by atoms with Crippen LogP contribution in [0.4, 0.5) is 13.2 Å². The first-order valence-corrected chi connectivity index (χ1v) is 17.1. The number of nitrogens with zero attached hydrogens (tertiary/aromatic N) is 3. The molecule has 0 aromatic heterocycles. The van der Waals surface area contributed by atoms with E-state index in [9.17, 15) is 27.0 Å². The summed E-state index contributed by atoms with van der Waals surface area (Å²) in [6.45, 7) is 1.54. The maximum Gasteiger partial charge on any atom is 0.397 e. The molecule has 3 aromatic carbocycles. The molecule has 0 saturated carbocycles. The number of hydrogen-bond donors (Lipinski definition) is 0. The van der Waals surface area contributed by atoms with E-state index < -0.39 is 39.6 Å². The van der Waals surface area contributed by atoms with E-state index in [1.807, 2.05) is 18.2 Å². The summed E-state index contributed by atoms with van der Waals surface area (Å²) < 4.78 is 52.8. The molecule has 1 fully saturated rings. The van der Waals surface area contributed by atoms with Gasteiger partial charge in [-0.2, -0.15) is 13.2 Å². The molecule has 254 valence electrons. The molecule has 5 rings (SSSR count). The zero-order chi connectivity index (χ0) is 33.3. The lowest BCUT2D eigenvalue weighted by Crippen LogP contribution is -2.56. The third-order valence-corrected chi connectivity index (χ3v) is 12.2. The number of rotatable bonds is 9. The minimum absolute atomic E-state index is 0. The quantitative estimate of drug-likeness (QED) is 0.230. The molecule has 2 heterocycles. The highest BCUT2D eigenvalue weighted by Crippen LogP contribution is 2.47. The Hall–Kier alpha value is -2.63. The number of hydrogen-bond acceptors (Lipinski definition) is 4. The fourth-order valence-electron chi connectivity index (χ4n) is 6.79. The number of amides is 2. The first kappa shape index (κ1) is 37.2. The van der Waals surface area contributed by atoms with E-state index in [-0.39, 0.29) is 41.3 Å². The van der Waals surface area contributed by atoms with Crippen molar-refractivity contribution in [1.29, 1.82) is 0 Å². The topological polar surface area (TPSA) is 60.9 Å². The van der Waals surface area contributed by atoms with Crippen molar-refractivity contribution in [1.82, 2.24) is 14.7 Å². The summed E-state index contributed by atoms with van der Waals surface area (Å²) >= 11 is 12.7. The van der Waals surface area contributed by atoms with Crippen molar-refractivity contribution in [3.8, 4) is 0 Å². The lowest BCUT2D eigenvalue weighted by Gasteiger charge is -2.47. The molecule has 0 aliphatic carbocycles. The molecular weight excluding hydrogens is 694 g/mol. The second-order valence-electron chi connectivity index (χ2n) is 12.2. The standard InChI is InChI=1S/C34H36Cl2F3N3O3S.ClH/c1-40(30(43)21-34(37,38)39)23-32(26-12-13-28(35)29(36)20-26,41(2)31(44)24-8-4-3-5-9-24)14-17-42-18-15-33(16-19-42)27-11-7-6-10-25(27)22-46(33)45;/h3-13,20H,14-19,21-23H2,1-2H3;1H. The Balaban J connectivity index is 0.00000500. The molecule has 0 radical (unpaired) electrons. The van der Waals surface area contributed by atoms with Crippen LogP contribution in [0.15, 0.2) is 72.8 Å². The van der Waals surface area contributed by atoms with Crippen molar-refractivity contribution < 1.29 is 27.0 Å². The first-order chi connectivity index (χ1) is 21.8. The van der Waals surface area contributed by atoms with Crippen molar-refractivity contribution in [2.45, 2.75) is 47.9 Å². The molecule has 2 aliphatic rings. The van der Waals surface area contributed by atoms with Crippen LogP contribution in [0.25, 0.3) is 0 Å². The van der Waals surface area contributed by atoms with Gasteiger partial charge in [-0.3, -0.25) is 13.8 Å². The maximum absolute atomic E-state index is 14.0. The van der Waals surface area contributed by atoms with E-state index in [1.165, 1.54) is 11.9 Å². The summed E-state index contributed by atoms with van der Waals surface area (Å²) in [6.07, 6.45) is -4.65. The highest BCUT2D eigenvalue weighted by atomic mass is 35.5. The number of likely N-dealkylation sites (tertiary alicyclic amines) is 1. The lowest BCUT2D eigenvalue weighted by molar-refractivity contribution is -0.161. The van der Waals surface area contributed by atoms with E-state index >= 15 is 0 Å². The van der Waals surface area contributed by atoms with E-state index in [4.69, 9.17) is 23.2 Å². The SMILES string of the molecule is CN(CC(CCN1CCC2(CC1)c1ccccc1CS2=O)(c1ccc(Cl)c(Cl)c1)N(C)C(=O)c1ccccc1)C(=O)CC(F)(F)F.Cl. The zero-order valence-electron chi connectivity index (χ0n) is 26.1. The van der Waals surface area contributed by atoms with Crippen LogP contribution in [-0.4, -0.2) is 77.2 Å². The Morgan fingerprint density at radius 2 is 1.57 bits per heavy atom. The Labute approximate surface area is 292 Å². The Bertz CT molecular complexity index is 1620. The number of alkyl halides is 3. The van der Waals surface area contributed by atoms with E-state index in [0.29, 0.717) is 49.4 Å². The minimum Gasteiger partial charge on any atom is -0.343 e. The molecule has 6 nitrogen and oxygen atoms in total. The largest absolute Gasteiger partial charge is 0.397 e. The fraction of sp³-hybridized carbons (Fsp3) is 0.412. The minimum atomic E-state index is -4.69. The maximum atomic E-state index is 14.0. The molecule has 47 heavy (non-hydrogen) atoms. The number of fused-ring (bicyclic) bond motifs is 2. The van der Waals surface area contributed by atoms with Gasteiger partial charge in [0.15, 0.2) is 0 Å². The molecule has 2 unspecified atom stereocenters. The molecular formula is C34H37Cl3F3N3O3S. The van der Waals surface area contributed by atoms with Gasteiger partial charge >= 0.3 is 6.18 Å². The predicted octanol–water partition coefficient (Wildman–Crippen LogP) is 7.44. The number of piperidine rings is 1. The van der Waals surface area contributed by atoms with E-state index in [1.54, 1.807) is 55.6 Å². The highest BCUT2D eigenvalue weighted by Gasteiger charge is 2.48. The van der Waals surface area contributed by atoms with Crippen molar-refractivity contribution in [2.24, 2.45) is 0 Å². The molecule has 2 amide bonds. The number of carbonyl (C=O) groups is 2. The van der Waals surface area contributed by atoms with E-state index in [0.717, 1.165) is 16.0 Å². The number of halogens is 6. The van der Waals surface area contributed by atoms with Gasteiger partial charge in [-0.05, 0) is 73.3 Å². The van der Waals surface area contributed by atoms with E-state index in [2.05, 4.69) is 11.0 Å². The van der Waals surface area contributed by atoms with Gasteiger partial charge in [-0.15, -0.1) is 12.4 Å². The molecule has 2 atom stereocenters. The number of benzene rings is 3. The average molecular weight is 731 g/mol. The van der Waals surface area contributed by atoms with Crippen molar-refractivity contribution >= 4 is 58.2 Å². The predicted molar refractivity (Wildman–Crippen MR) is 182 cm³/mol. The van der Waals surface area contributed by atoms with Crippen LogP contribution in [0.5, 0.6) is 0 Å². The van der Waals surface area contributed by atoms with Crippen LogP contribution in [0.3, 0.4) is 0 Å². The van der Waals surface area contributed by atoms with Gasteiger partial charge in [0, 0.05) is 49.3 Å². The fourth-order valence-corrected chi connectivity index (χ4v) is 8.98. The molecule has 3 aromatic rings. The molecule has 0 N–H and O–H groups in total. The van der Waals surface area contributed by atoms with Crippen LogP contribution in [0.1, 0.15) is 52.7 Å². The van der Waals surface area contributed by atoms with Crippen LogP contribution in [0, 0.1) is 0 Å². The second kappa shape index (κ2) is 14.9. The van der Waals surface area contributed by atoms with Gasteiger partial charge in [0.05, 0.1) is 20.3 Å². The molecule has 1 saturated heterocycles. The molecule has 1 spiro atoms. The summed E-state index contributed by atoms with van der Waals surface area (Å²) in [5.74, 6) is -0.930. The van der Waals surface area contributed by atoms with Crippen LogP contribution >= 0.6 is 35.6 Å². The Morgan fingerprint density at radius 3 is 2.21 bits per heavy atom. The third kappa shape index (κ3) is 7.83. The van der Waals surface area contributed by atoms with Crippen LogP contribution in [0.2, 0.25) is 10.0 Å². The molecule has 13 heteroatoms. The van der Waals surface area contributed by atoms with Gasteiger partial charge in [0.25, 0.3) is 5.91 Å². The van der Waals surface area contributed by atoms with Crippen molar-refractivity contribution in [3.05, 3.63) is 105 Å². The Kier molecular flexibility index (Phi) is 11.8. The zero-order valence-corrected chi connectivity index (χ0v) is 29.2. The molecule has 0 bridgehead atoms. The first-order valence-electron chi connectivity index (χ1n) is 15.0. The van der Waals surface area contributed by atoms with Crippen molar-refractivity contribution in [3.63, 3.8) is 0 Å².